The van der Waals surface area contributed by atoms with Gasteiger partial charge in [0.15, 0.2) is 0 Å². The summed E-state index contributed by atoms with van der Waals surface area (Å²) in [5.74, 6) is -0.358. The van der Waals surface area contributed by atoms with Crippen molar-refractivity contribution in [1.29, 1.82) is 0 Å². The fourth-order valence-corrected chi connectivity index (χ4v) is 3.69. The largest absolute Gasteiger partial charge is 0.354 e. The van der Waals surface area contributed by atoms with Crippen LogP contribution in [0.2, 0.25) is 5.02 Å². The van der Waals surface area contributed by atoms with Crippen molar-refractivity contribution in [3.63, 3.8) is 0 Å². The molecule has 3 aromatic carbocycles. The molecule has 5 heteroatoms. The zero-order valence-electron chi connectivity index (χ0n) is 14.4. The van der Waals surface area contributed by atoms with Crippen LogP contribution in [0.15, 0.2) is 78.9 Å². The molecule has 1 aromatic heterocycles. The van der Waals surface area contributed by atoms with Crippen molar-refractivity contribution in [2.24, 2.45) is 0 Å². The topological polar surface area (TPSA) is 58.9 Å². The smallest absolute Gasteiger partial charge is 0.214 e. The maximum Gasteiger partial charge on any atom is 0.214 e. The van der Waals surface area contributed by atoms with Crippen LogP contribution >= 0.6 is 11.6 Å². The van der Waals surface area contributed by atoms with Crippen LogP contribution in [0, 0.1) is 10.1 Å². The number of para-hydroxylation sites is 1. The summed E-state index contributed by atoms with van der Waals surface area (Å²) in [5, 5.41) is 13.1. The average Bonchev–Trinajstić information content (AvgIpc) is 3.06. The second kappa shape index (κ2) is 7.25. The molecule has 27 heavy (non-hydrogen) atoms. The molecule has 1 heterocycles. The van der Waals surface area contributed by atoms with E-state index in [1.54, 1.807) is 0 Å². The van der Waals surface area contributed by atoms with E-state index < -0.39 is 0 Å². The fourth-order valence-electron chi connectivity index (χ4n) is 3.57. The van der Waals surface area contributed by atoms with E-state index in [1.165, 1.54) is 0 Å². The molecule has 1 atom stereocenters. The van der Waals surface area contributed by atoms with Crippen LogP contribution in [0.4, 0.5) is 0 Å². The zero-order chi connectivity index (χ0) is 18.8. The quantitative estimate of drug-likeness (QED) is 0.348. The highest BCUT2D eigenvalue weighted by Crippen LogP contribution is 2.39. The van der Waals surface area contributed by atoms with Crippen LogP contribution in [0.3, 0.4) is 0 Å². The molecule has 0 fully saturated rings. The van der Waals surface area contributed by atoms with Crippen LogP contribution in [0.25, 0.3) is 22.2 Å². The van der Waals surface area contributed by atoms with E-state index in [1.807, 2.05) is 78.9 Å². The monoisotopic (exact) mass is 376 g/mol. The van der Waals surface area contributed by atoms with E-state index >= 15 is 0 Å². The molecule has 0 amide bonds. The van der Waals surface area contributed by atoms with Gasteiger partial charge in [0.2, 0.25) is 6.54 Å². The van der Waals surface area contributed by atoms with E-state index in [0.717, 1.165) is 33.3 Å². The zero-order valence-corrected chi connectivity index (χ0v) is 15.2. The van der Waals surface area contributed by atoms with E-state index in [4.69, 9.17) is 11.6 Å². The number of nitrogens with one attached hydrogen (secondary N) is 1. The highest BCUT2D eigenvalue weighted by atomic mass is 35.5. The number of fused-ring (bicyclic) bond motifs is 1. The van der Waals surface area contributed by atoms with Crippen molar-refractivity contribution in [2.45, 2.75) is 5.92 Å². The Morgan fingerprint density at radius 2 is 1.59 bits per heavy atom. The SMILES string of the molecule is O=[N+]([O-])CC(c1ccccc1)c1c(-c2ccc(Cl)cc2)[nH]c2ccccc12. The number of H-pyrrole nitrogens is 1. The summed E-state index contributed by atoms with van der Waals surface area (Å²) < 4.78 is 0. The molecule has 4 rings (SSSR count). The molecule has 1 N–H and O–H groups in total. The van der Waals surface area contributed by atoms with Crippen molar-refractivity contribution in [3.8, 4) is 11.3 Å². The number of benzene rings is 3. The van der Waals surface area contributed by atoms with Gasteiger partial charge in [-0.05, 0) is 34.9 Å². The molecule has 0 saturated heterocycles. The summed E-state index contributed by atoms with van der Waals surface area (Å²) in [4.78, 5) is 14.7. The van der Waals surface area contributed by atoms with Gasteiger partial charge < -0.3 is 4.98 Å². The summed E-state index contributed by atoms with van der Waals surface area (Å²) in [6, 6.07) is 25.1. The van der Waals surface area contributed by atoms with Gasteiger partial charge in [0.1, 0.15) is 0 Å². The van der Waals surface area contributed by atoms with Crippen LogP contribution < -0.4 is 0 Å². The fraction of sp³-hybridized carbons (Fsp3) is 0.0909. The van der Waals surface area contributed by atoms with E-state index in [9.17, 15) is 10.1 Å². The Kier molecular flexibility index (Phi) is 4.65. The highest BCUT2D eigenvalue weighted by Gasteiger charge is 2.27. The Balaban J connectivity index is 1.98. The van der Waals surface area contributed by atoms with Crippen LogP contribution in [0.1, 0.15) is 17.0 Å². The van der Waals surface area contributed by atoms with Gasteiger partial charge in [-0.25, -0.2) is 0 Å². The molecule has 0 spiro atoms. The van der Waals surface area contributed by atoms with E-state index in [0.29, 0.717) is 5.02 Å². The lowest BCUT2D eigenvalue weighted by Gasteiger charge is -2.16. The third-order valence-electron chi connectivity index (χ3n) is 4.76. The molecule has 1 unspecified atom stereocenters. The molecule has 0 aliphatic rings. The van der Waals surface area contributed by atoms with Gasteiger partial charge in [-0.1, -0.05) is 72.3 Å². The van der Waals surface area contributed by atoms with Gasteiger partial charge >= 0.3 is 0 Å². The molecule has 0 aliphatic heterocycles. The molecule has 4 nitrogen and oxygen atoms in total. The van der Waals surface area contributed by atoms with E-state index in [-0.39, 0.29) is 17.4 Å². The summed E-state index contributed by atoms with van der Waals surface area (Å²) in [7, 11) is 0. The van der Waals surface area contributed by atoms with Gasteiger partial charge in [0.25, 0.3) is 0 Å². The molecular weight excluding hydrogens is 360 g/mol. The van der Waals surface area contributed by atoms with Crippen LogP contribution in [-0.2, 0) is 0 Å². The second-order valence-corrected chi connectivity index (χ2v) is 6.88. The molecule has 0 aliphatic carbocycles. The first kappa shape index (κ1) is 17.3. The third kappa shape index (κ3) is 3.44. The first-order valence-corrected chi connectivity index (χ1v) is 9.04. The lowest BCUT2D eigenvalue weighted by molar-refractivity contribution is -0.481. The van der Waals surface area contributed by atoms with Gasteiger partial charge in [0.05, 0.1) is 11.6 Å². The molecule has 0 radical (unpaired) electrons. The standard InChI is InChI=1S/C22H17ClN2O2/c23-17-12-10-16(11-13-17)22-21(18-8-4-5-9-20(18)24-22)19(14-25(26)27)15-6-2-1-3-7-15/h1-13,19,24H,14H2. The maximum absolute atomic E-state index is 11.5. The van der Waals surface area contributed by atoms with Gasteiger partial charge in [0, 0.05) is 20.8 Å². The minimum Gasteiger partial charge on any atom is -0.354 e. The molecule has 4 aromatic rings. The summed E-state index contributed by atoms with van der Waals surface area (Å²) in [5.41, 5.74) is 4.67. The van der Waals surface area contributed by atoms with Crippen molar-refractivity contribution < 1.29 is 4.92 Å². The third-order valence-corrected chi connectivity index (χ3v) is 5.01. The Hall–Kier alpha value is -3.11. The Morgan fingerprint density at radius 3 is 2.30 bits per heavy atom. The normalized spacial score (nSPS) is 12.2. The number of hydrogen-bond acceptors (Lipinski definition) is 2. The minimum atomic E-state index is -0.358. The highest BCUT2D eigenvalue weighted by molar-refractivity contribution is 6.30. The Morgan fingerprint density at radius 1 is 0.926 bits per heavy atom. The minimum absolute atomic E-state index is 0.174. The molecular formula is C22H17ClN2O2. The number of halogens is 1. The first-order valence-electron chi connectivity index (χ1n) is 8.67. The summed E-state index contributed by atoms with van der Waals surface area (Å²) in [6.07, 6.45) is 0. The molecule has 0 saturated carbocycles. The summed E-state index contributed by atoms with van der Waals surface area (Å²) >= 11 is 6.05. The van der Waals surface area contributed by atoms with Gasteiger partial charge in [-0.3, -0.25) is 10.1 Å². The average molecular weight is 377 g/mol. The Bertz CT molecular complexity index is 1090. The number of aromatic amines is 1. The van der Waals surface area contributed by atoms with Crippen molar-refractivity contribution in [2.75, 3.05) is 6.54 Å². The second-order valence-electron chi connectivity index (χ2n) is 6.44. The number of hydrogen-bond donors (Lipinski definition) is 1. The maximum atomic E-state index is 11.5. The first-order chi connectivity index (χ1) is 13.1. The summed E-state index contributed by atoms with van der Waals surface area (Å²) in [6.45, 7) is -0.174. The number of aromatic nitrogens is 1. The van der Waals surface area contributed by atoms with Crippen molar-refractivity contribution in [1.82, 2.24) is 4.98 Å². The lowest BCUT2D eigenvalue weighted by Crippen LogP contribution is -2.14. The van der Waals surface area contributed by atoms with Gasteiger partial charge in [-0.15, -0.1) is 0 Å². The van der Waals surface area contributed by atoms with Gasteiger partial charge in [-0.2, -0.15) is 0 Å². The number of rotatable bonds is 5. The number of nitro groups is 1. The van der Waals surface area contributed by atoms with Crippen molar-refractivity contribution >= 4 is 22.5 Å². The molecule has 134 valence electrons. The predicted octanol–water partition coefficient (Wildman–Crippen LogP) is 5.90. The predicted molar refractivity (Wildman–Crippen MR) is 109 cm³/mol. The molecule has 0 bridgehead atoms. The number of nitrogens with zero attached hydrogens (tertiary/aromatic N) is 1. The van der Waals surface area contributed by atoms with Crippen LogP contribution in [-0.4, -0.2) is 16.5 Å². The van der Waals surface area contributed by atoms with Crippen LogP contribution in [0.5, 0.6) is 0 Å². The lowest BCUT2D eigenvalue weighted by atomic mass is 9.87. The van der Waals surface area contributed by atoms with Crippen molar-refractivity contribution in [3.05, 3.63) is 105 Å². The van der Waals surface area contributed by atoms with E-state index in [2.05, 4.69) is 4.98 Å². The Labute approximate surface area is 161 Å².